The Bertz CT molecular complexity index is 1510. The normalized spacial score (nSPS) is 15.8. The Kier molecular flexibility index (Phi) is 5.84. The molecule has 1 fully saturated rings. The highest BCUT2D eigenvalue weighted by Crippen LogP contribution is 2.48. The molecule has 1 saturated carbocycles. The number of carbonyl (C=O) groups is 2. The summed E-state index contributed by atoms with van der Waals surface area (Å²) in [5.74, 6) is -0.517. The van der Waals surface area contributed by atoms with Crippen LogP contribution in [0.2, 0.25) is 5.02 Å². The molecule has 2 heterocycles. The number of fused-ring (bicyclic) bond motifs is 1. The number of aromatic amines is 1. The predicted octanol–water partition coefficient (Wildman–Crippen LogP) is 5.74. The number of aliphatic carboxylic acids is 1. The molecule has 1 amide bonds. The van der Waals surface area contributed by atoms with E-state index in [4.69, 9.17) is 11.6 Å². The van der Waals surface area contributed by atoms with Gasteiger partial charge in [-0.3, -0.25) is 9.59 Å². The number of hydrogen-bond acceptors (Lipinski definition) is 3. The van der Waals surface area contributed by atoms with Gasteiger partial charge in [0, 0.05) is 18.7 Å². The van der Waals surface area contributed by atoms with E-state index in [9.17, 15) is 14.7 Å². The largest absolute Gasteiger partial charge is 0.480 e. The van der Waals surface area contributed by atoms with Crippen LogP contribution in [0.25, 0.3) is 22.6 Å². The third kappa shape index (κ3) is 4.31. The Labute approximate surface area is 219 Å². The second kappa shape index (κ2) is 9.20. The molecule has 6 rings (SSSR count). The summed E-state index contributed by atoms with van der Waals surface area (Å²) >= 11 is 6.57. The number of carboxylic acids is 1. The molecule has 0 unspecified atom stereocenters. The molecule has 1 aliphatic carbocycles. The number of hydrogen-bond donors (Lipinski definition) is 2. The number of rotatable bonds is 6. The third-order valence-electron chi connectivity index (χ3n) is 7.56. The lowest BCUT2D eigenvalue weighted by Gasteiger charge is -2.32. The monoisotopic (exact) mass is 511 g/mol. The number of carbonyl (C=O) groups excluding carboxylic acids is 1. The smallest absolute Gasteiger partial charge is 0.319 e. The standard InChI is InChI=1S/C30H26ClN3O3/c31-25-10-9-19(16-24(25)27-32-17-26(33-27)20-5-2-1-3-6-20)15-21-7-4-8-22-18-34(14-11-23(21)22)28(35)30(12-13-30)29(36)37/h1-10,16-17H,11-15,18H2,(H,32,33)(H,36,37). The van der Waals surface area contributed by atoms with Gasteiger partial charge in [-0.15, -0.1) is 0 Å². The van der Waals surface area contributed by atoms with E-state index in [1.165, 1.54) is 11.1 Å². The van der Waals surface area contributed by atoms with Crippen molar-refractivity contribution in [2.24, 2.45) is 5.41 Å². The molecule has 0 radical (unpaired) electrons. The zero-order chi connectivity index (χ0) is 25.6. The minimum Gasteiger partial charge on any atom is -0.480 e. The van der Waals surface area contributed by atoms with Crippen molar-refractivity contribution in [1.29, 1.82) is 0 Å². The fourth-order valence-corrected chi connectivity index (χ4v) is 5.49. The Hall–Kier alpha value is -3.90. The summed E-state index contributed by atoms with van der Waals surface area (Å²) in [7, 11) is 0. The van der Waals surface area contributed by atoms with E-state index < -0.39 is 11.4 Å². The summed E-state index contributed by atoms with van der Waals surface area (Å²) in [6.45, 7) is 0.996. The lowest BCUT2D eigenvalue weighted by Crippen LogP contribution is -2.43. The fraction of sp³-hybridized carbons (Fsp3) is 0.233. The molecule has 186 valence electrons. The van der Waals surface area contributed by atoms with Crippen molar-refractivity contribution in [2.75, 3.05) is 6.54 Å². The molecule has 0 spiro atoms. The van der Waals surface area contributed by atoms with Crippen LogP contribution in [0.5, 0.6) is 0 Å². The number of amides is 1. The molecule has 2 N–H and O–H groups in total. The zero-order valence-electron chi connectivity index (χ0n) is 20.2. The van der Waals surface area contributed by atoms with Gasteiger partial charge in [0.25, 0.3) is 0 Å². The first-order valence-electron chi connectivity index (χ1n) is 12.5. The maximum absolute atomic E-state index is 12.9. The van der Waals surface area contributed by atoms with Crippen LogP contribution in [-0.2, 0) is 29.0 Å². The van der Waals surface area contributed by atoms with Gasteiger partial charge >= 0.3 is 5.97 Å². The molecule has 4 aromatic rings. The molecule has 3 aromatic carbocycles. The lowest BCUT2D eigenvalue weighted by molar-refractivity contribution is -0.153. The second-order valence-electron chi connectivity index (χ2n) is 9.92. The van der Waals surface area contributed by atoms with E-state index in [1.54, 1.807) is 4.90 Å². The van der Waals surface area contributed by atoms with Crippen LogP contribution in [0.4, 0.5) is 0 Å². The van der Waals surface area contributed by atoms with Crippen LogP contribution in [0.3, 0.4) is 0 Å². The van der Waals surface area contributed by atoms with Crippen LogP contribution in [0.15, 0.2) is 72.9 Å². The summed E-state index contributed by atoms with van der Waals surface area (Å²) in [5, 5.41) is 10.2. The van der Waals surface area contributed by atoms with Gasteiger partial charge in [0.2, 0.25) is 5.91 Å². The SMILES string of the molecule is O=C(O)C1(C(=O)N2CCc3c(Cc4ccc(Cl)c(-c5ncc(-c6ccccc6)[nH]5)c4)cccc3C2)CC1. The molecule has 2 aliphatic rings. The van der Waals surface area contributed by atoms with Gasteiger partial charge in [-0.1, -0.05) is 66.2 Å². The van der Waals surface area contributed by atoms with E-state index in [0.717, 1.165) is 40.2 Å². The zero-order valence-corrected chi connectivity index (χ0v) is 21.0. The Balaban J connectivity index is 1.24. The van der Waals surface area contributed by atoms with Gasteiger partial charge in [-0.2, -0.15) is 0 Å². The molecule has 7 heteroatoms. The highest BCUT2D eigenvalue weighted by atomic mass is 35.5. The number of nitrogens with zero attached hydrogens (tertiary/aromatic N) is 2. The Morgan fingerprint density at radius 1 is 1.05 bits per heavy atom. The number of halogens is 1. The van der Waals surface area contributed by atoms with Crippen LogP contribution >= 0.6 is 11.6 Å². The van der Waals surface area contributed by atoms with Gasteiger partial charge < -0.3 is 15.0 Å². The van der Waals surface area contributed by atoms with Crippen molar-refractivity contribution < 1.29 is 14.7 Å². The summed E-state index contributed by atoms with van der Waals surface area (Å²) in [5.41, 5.74) is 6.32. The second-order valence-corrected chi connectivity index (χ2v) is 10.3. The van der Waals surface area contributed by atoms with Gasteiger partial charge in [0.15, 0.2) is 0 Å². The minimum absolute atomic E-state index is 0.244. The van der Waals surface area contributed by atoms with Crippen LogP contribution in [-0.4, -0.2) is 38.4 Å². The lowest BCUT2D eigenvalue weighted by atomic mass is 9.90. The average Bonchev–Trinajstić information content (AvgIpc) is 3.60. The molecular weight excluding hydrogens is 486 g/mol. The first-order chi connectivity index (χ1) is 17.9. The molecule has 0 bridgehead atoms. The highest BCUT2D eigenvalue weighted by molar-refractivity contribution is 6.33. The first kappa shape index (κ1) is 23.5. The third-order valence-corrected chi connectivity index (χ3v) is 7.89. The van der Waals surface area contributed by atoms with Gasteiger partial charge in [-0.05, 0) is 65.6 Å². The number of H-pyrrole nitrogens is 1. The number of nitrogens with one attached hydrogen (secondary N) is 1. The first-order valence-corrected chi connectivity index (χ1v) is 12.8. The van der Waals surface area contributed by atoms with Crippen molar-refractivity contribution in [3.63, 3.8) is 0 Å². The topological polar surface area (TPSA) is 86.3 Å². The Morgan fingerprint density at radius 2 is 1.86 bits per heavy atom. The van der Waals surface area contributed by atoms with Crippen LogP contribution in [0.1, 0.15) is 35.1 Å². The van der Waals surface area contributed by atoms with Gasteiger partial charge in [0.1, 0.15) is 11.2 Å². The summed E-state index contributed by atoms with van der Waals surface area (Å²) in [6.07, 6.45) is 4.14. The quantitative estimate of drug-likeness (QED) is 0.323. The fourth-order valence-electron chi connectivity index (χ4n) is 5.28. The van der Waals surface area contributed by atoms with E-state index in [0.29, 0.717) is 37.4 Å². The van der Waals surface area contributed by atoms with Crippen LogP contribution < -0.4 is 0 Å². The van der Waals surface area contributed by atoms with Crippen molar-refractivity contribution in [1.82, 2.24) is 14.9 Å². The number of carboxylic acid groups (broad SMARTS) is 1. The van der Waals surface area contributed by atoms with E-state index in [1.807, 2.05) is 60.8 Å². The average molecular weight is 512 g/mol. The number of benzene rings is 3. The molecule has 6 nitrogen and oxygen atoms in total. The van der Waals surface area contributed by atoms with Gasteiger partial charge in [0.05, 0.1) is 16.9 Å². The van der Waals surface area contributed by atoms with Crippen LogP contribution in [0, 0.1) is 5.41 Å². The minimum atomic E-state index is -1.19. The maximum atomic E-state index is 12.9. The Morgan fingerprint density at radius 3 is 2.62 bits per heavy atom. The molecule has 1 aliphatic heterocycles. The summed E-state index contributed by atoms with van der Waals surface area (Å²) < 4.78 is 0. The van der Waals surface area contributed by atoms with Crippen molar-refractivity contribution in [3.05, 3.63) is 100 Å². The molecule has 0 atom stereocenters. The molecule has 0 saturated heterocycles. The molecule has 1 aromatic heterocycles. The molecular formula is C30H26ClN3O3. The number of aromatic nitrogens is 2. The predicted molar refractivity (Wildman–Crippen MR) is 142 cm³/mol. The van der Waals surface area contributed by atoms with E-state index in [-0.39, 0.29) is 5.91 Å². The van der Waals surface area contributed by atoms with Crippen molar-refractivity contribution in [2.45, 2.75) is 32.2 Å². The number of imidazole rings is 1. The van der Waals surface area contributed by atoms with Crippen molar-refractivity contribution >= 4 is 23.5 Å². The van der Waals surface area contributed by atoms with E-state index >= 15 is 0 Å². The van der Waals surface area contributed by atoms with Crippen molar-refractivity contribution in [3.8, 4) is 22.6 Å². The highest BCUT2D eigenvalue weighted by Gasteiger charge is 2.58. The molecule has 37 heavy (non-hydrogen) atoms. The summed E-state index contributed by atoms with van der Waals surface area (Å²) in [6, 6.07) is 22.3. The maximum Gasteiger partial charge on any atom is 0.319 e. The summed E-state index contributed by atoms with van der Waals surface area (Å²) in [4.78, 5) is 34.3. The van der Waals surface area contributed by atoms with E-state index in [2.05, 4.69) is 22.1 Å². The van der Waals surface area contributed by atoms with Gasteiger partial charge in [-0.25, -0.2) is 4.98 Å².